The van der Waals surface area contributed by atoms with Gasteiger partial charge in [-0.15, -0.1) is 0 Å². The highest BCUT2D eigenvalue weighted by molar-refractivity contribution is 5.94. The Bertz CT molecular complexity index is 1550. The number of rotatable bonds is 8. The summed E-state index contributed by atoms with van der Waals surface area (Å²) in [6.07, 6.45) is -3.99. The minimum atomic E-state index is -4.59. The van der Waals surface area contributed by atoms with Crippen LogP contribution in [0.25, 0.3) is 16.6 Å². The quantitative estimate of drug-likeness (QED) is 0.252. The van der Waals surface area contributed by atoms with Gasteiger partial charge >= 0.3 is 6.18 Å². The zero-order valence-corrected chi connectivity index (χ0v) is 22.2. The second-order valence-corrected chi connectivity index (χ2v) is 9.74. The Morgan fingerprint density at radius 1 is 1.00 bits per heavy atom. The molecule has 9 heteroatoms. The second kappa shape index (κ2) is 11.3. The molecule has 204 valence electrons. The average molecular weight is 538 g/mol. The van der Waals surface area contributed by atoms with Crippen molar-refractivity contribution in [1.29, 1.82) is 0 Å². The predicted molar refractivity (Wildman–Crippen MR) is 144 cm³/mol. The Morgan fingerprint density at radius 2 is 1.69 bits per heavy atom. The molecule has 1 heterocycles. The van der Waals surface area contributed by atoms with Gasteiger partial charge in [-0.3, -0.25) is 14.2 Å². The van der Waals surface area contributed by atoms with Gasteiger partial charge < -0.3 is 9.64 Å². The third-order valence-electron chi connectivity index (χ3n) is 6.61. The van der Waals surface area contributed by atoms with Crippen LogP contribution < -0.4 is 10.3 Å². The molecule has 0 bridgehead atoms. The molecule has 0 N–H and O–H groups in total. The molecule has 0 aliphatic rings. The third kappa shape index (κ3) is 5.82. The molecule has 0 fully saturated rings. The van der Waals surface area contributed by atoms with Crippen LogP contribution in [-0.2, 0) is 6.18 Å². The summed E-state index contributed by atoms with van der Waals surface area (Å²) < 4.78 is 47.2. The van der Waals surface area contributed by atoms with Crippen molar-refractivity contribution in [1.82, 2.24) is 14.5 Å². The zero-order chi connectivity index (χ0) is 28.3. The average Bonchev–Trinajstić information content (AvgIpc) is 2.92. The molecule has 3 aromatic carbocycles. The fourth-order valence-electron chi connectivity index (χ4n) is 4.48. The first-order valence-electron chi connectivity index (χ1n) is 12.7. The summed E-state index contributed by atoms with van der Waals surface area (Å²) in [5.41, 5.74) is -0.444. The molecule has 0 saturated heterocycles. The van der Waals surface area contributed by atoms with Crippen LogP contribution in [0.4, 0.5) is 13.2 Å². The van der Waals surface area contributed by atoms with E-state index in [1.54, 1.807) is 55.5 Å². The highest BCUT2D eigenvalue weighted by Crippen LogP contribution is 2.32. The number of carbonyl (C=O) groups excluding carboxylic acids is 1. The number of benzene rings is 3. The molecule has 0 aliphatic heterocycles. The lowest BCUT2D eigenvalue weighted by molar-refractivity contribution is -0.137. The summed E-state index contributed by atoms with van der Waals surface area (Å²) in [7, 11) is 1.49. The molecule has 39 heavy (non-hydrogen) atoms. The van der Waals surface area contributed by atoms with Crippen molar-refractivity contribution in [2.75, 3.05) is 13.7 Å². The van der Waals surface area contributed by atoms with Crippen molar-refractivity contribution in [3.8, 4) is 11.4 Å². The van der Waals surface area contributed by atoms with E-state index in [9.17, 15) is 22.8 Å². The lowest BCUT2D eigenvalue weighted by atomic mass is 10.1. The minimum Gasteiger partial charge on any atom is -0.495 e. The molecule has 1 atom stereocenters. The van der Waals surface area contributed by atoms with E-state index in [-0.39, 0.29) is 29.4 Å². The Labute approximate surface area is 224 Å². The second-order valence-electron chi connectivity index (χ2n) is 9.74. The van der Waals surface area contributed by atoms with Gasteiger partial charge in [0.2, 0.25) is 0 Å². The molecular weight excluding hydrogens is 507 g/mol. The molecule has 1 aromatic heterocycles. The SMILES string of the molecule is COc1ccccc1-n1c(C(C)N(CCC(C)C)C(=O)c2cccc(C(F)(F)F)c2)nc2ccccc2c1=O. The van der Waals surface area contributed by atoms with E-state index in [2.05, 4.69) is 0 Å². The summed E-state index contributed by atoms with van der Waals surface area (Å²) in [5, 5.41) is 0.386. The number of methoxy groups -OCH3 is 1. The highest BCUT2D eigenvalue weighted by atomic mass is 19.4. The normalized spacial score (nSPS) is 12.5. The summed E-state index contributed by atoms with van der Waals surface area (Å²) in [4.78, 5) is 33.9. The van der Waals surface area contributed by atoms with Gasteiger partial charge in [0.05, 0.1) is 35.3 Å². The highest BCUT2D eigenvalue weighted by Gasteiger charge is 2.33. The first kappa shape index (κ1) is 27.9. The van der Waals surface area contributed by atoms with Gasteiger partial charge in [0.25, 0.3) is 11.5 Å². The van der Waals surface area contributed by atoms with Crippen molar-refractivity contribution >= 4 is 16.8 Å². The van der Waals surface area contributed by atoms with Crippen molar-refractivity contribution in [3.05, 3.63) is 100 Å². The van der Waals surface area contributed by atoms with E-state index in [4.69, 9.17) is 9.72 Å². The number of hydrogen-bond donors (Lipinski definition) is 0. The van der Waals surface area contributed by atoms with E-state index in [0.717, 1.165) is 12.1 Å². The first-order valence-corrected chi connectivity index (χ1v) is 12.7. The van der Waals surface area contributed by atoms with Crippen LogP contribution in [0.5, 0.6) is 5.75 Å². The predicted octanol–water partition coefficient (Wildman–Crippen LogP) is 6.66. The number of nitrogens with zero attached hydrogens (tertiary/aromatic N) is 3. The number of hydrogen-bond acceptors (Lipinski definition) is 4. The van der Waals surface area contributed by atoms with Crippen LogP contribution in [0.3, 0.4) is 0 Å². The fourth-order valence-corrected chi connectivity index (χ4v) is 4.48. The maximum Gasteiger partial charge on any atom is 0.416 e. The summed E-state index contributed by atoms with van der Waals surface area (Å²) >= 11 is 0. The molecule has 1 amide bonds. The largest absolute Gasteiger partial charge is 0.495 e. The molecular formula is C30H30F3N3O3. The summed E-state index contributed by atoms with van der Waals surface area (Å²) in [5.74, 6) is 0.341. The van der Waals surface area contributed by atoms with E-state index >= 15 is 0 Å². The maximum atomic E-state index is 13.8. The van der Waals surface area contributed by atoms with Gasteiger partial charge in [0, 0.05) is 12.1 Å². The van der Waals surface area contributed by atoms with Gasteiger partial charge in [-0.05, 0) is 61.7 Å². The van der Waals surface area contributed by atoms with Crippen molar-refractivity contribution < 1.29 is 22.7 Å². The Morgan fingerprint density at radius 3 is 2.38 bits per heavy atom. The molecule has 4 aromatic rings. The summed E-state index contributed by atoms with van der Waals surface area (Å²) in [6.45, 7) is 5.98. The van der Waals surface area contributed by atoms with Gasteiger partial charge in [-0.2, -0.15) is 13.2 Å². The van der Waals surface area contributed by atoms with Crippen molar-refractivity contribution in [3.63, 3.8) is 0 Å². The maximum absolute atomic E-state index is 13.8. The number of carbonyl (C=O) groups is 1. The van der Waals surface area contributed by atoms with Gasteiger partial charge in [-0.1, -0.05) is 44.2 Å². The Kier molecular flexibility index (Phi) is 8.09. The van der Waals surface area contributed by atoms with Gasteiger partial charge in [-0.25, -0.2) is 4.98 Å². The topological polar surface area (TPSA) is 64.4 Å². The van der Waals surface area contributed by atoms with Crippen LogP contribution in [0.1, 0.15) is 55.0 Å². The number of amides is 1. The lowest BCUT2D eigenvalue weighted by Crippen LogP contribution is -2.38. The lowest BCUT2D eigenvalue weighted by Gasteiger charge is -2.31. The molecule has 0 radical (unpaired) electrons. The number of fused-ring (bicyclic) bond motifs is 1. The van der Waals surface area contributed by atoms with Crippen LogP contribution in [0.2, 0.25) is 0 Å². The summed E-state index contributed by atoms with van der Waals surface area (Å²) in [6, 6.07) is 17.5. The van der Waals surface area contributed by atoms with E-state index < -0.39 is 23.7 Å². The zero-order valence-electron chi connectivity index (χ0n) is 22.2. The Hall–Kier alpha value is -4.14. The first-order chi connectivity index (χ1) is 18.5. The van der Waals surface area contributed by atoms with Crippen LogP contribution in [0.15, 0.2) is 77.6 Å². The number of halogens is 3. The third-order valence-corrected chi connectivity index (χ3v) is 6.61. The van der Waals surface area contributed by atoms with Crippen LogP contribution in [0, 0.1) is 5.92 Å². The smallest absolute Gasteiger partial charge is 0.416 e. The van der Waals surface area contributed by atoms with Crippen molar-refractivity contribution in [2.45, 2.75) is 39.4 Å². The van der Waals surface area contributed by atoms with E-state index in [0.29, 0.717) is 28.8 Å². The molecule has 0 saturated carbocycles. The number of aromatic nitrogens is 2. The van der Waals surface area contributed by atoms with Gasteiger partial charge in [0.15, 0.2) is 0 Å². The van der Waals surface area contributed by atoms with E-state index in [1.807, 2.05) is 13.8 Å². The number of alkyl halides is 3. The standard InChI is InChI=1S/C30H30F3N3O3/c1-19(2)16-17-35(28(37)21-10-9-11-22(18-21)30(31,32)33)20(3)27-34-24-13-6-5-12-23(24)29(38)36(27)25-14-7-8-15-26(25)39-4/h5-15,18-20H,16-17H2,1-4H3. The molecule has 1 unspecified atom stereocenters. The van der Waals surface area contributed by atoms with Gasteiger partial charge in [0.1, 0.15) is 11.6 Å². The fraction of sp³-hybridized carbons (Fsp3) is 0.300. The van der Waals surface area contributed by atoms with Crippen molar-refractivity contribution in [2.24, 2.45) is 5.92 Å². The Balaban J connectivity index is 1.92. The molecule has 0 spiro atoms. The van der Waals surface area contributed by atoms with E-state index in [1.165, 1.54) is 28.7 Å². The molecule has 6 nitrogen and oxygen atoms in total. The van der Waals surface area contributed by atoms with Crippen LogP contribution >= 0.6 is 0 Å². The monoisotopic (exact) mass is 537 g/mol. The van der Waals surface area contributed by atoms with Crippen LogP contribution in [-0.4, -0.2) is 34.0 Å². The number of para-hydroxylation sites is 3. The molecule has 4 rings (SSSR count). The molecule has 0 aliphatic carbocycles. The minimum absolute atomic E-state index is 0.0904. The number of ether oxygens (including phenoxy) is 1.